The average Bonchev–Trinajstić information content (AvgIpc) is 2.63. The molecule has 0 aliphatic rings. The summed E-state index contributed by atoms with van der Waals surface area (Å²) in [6, 6.07) is 5.84. The van der Waals surface area contributed by atoms with Gasteiger partial charge in [0.1, 0.15) is 0 Å². The minimum absolute atomic E-state index is 0.0202. The van der Waals surface area contributed by atoms with E-state index in [2.05, 4.69) is 4.98 Å². The van der Waals surface area contributed by atoms with Gasteiger partial charge in [-0.1, -0.05) is 23.7 Å². The van der Waals surface area contributed by atoms with Crippen LogP contribution >= 0.6 is 22.9 Å². The topological polar surface area (TPSA) is 33.1 Å². The average molecular weight is 254 g/mol. The van der Waals surface area contributed by atoms with Crippen molar-refractivity contribution in [2.75, 3.05) is 0 Å². The van der Waals surface area contributed by atoms with E-state index >= 15 is 0 Å². The Morgan fingerprint density at radius 2 is 2.12 bits per heavy atom. The molecule has 2 rings (SSSR count). The molecule has 0 saturated carbocycles. The molecule has 0 aliphatic carbocycles. The first-order chi connectivity index (χ1) is 7.61. The Kier molecular flexibility index (Phi) is 3.28. The molecule has 0 amide bonds. The van der Waals surface area contributed by atoms with Gasteiger partial charge in [0.05, 0.1) is 22.2 Å². The van der Waals surface area contributed by atoms with Gasteiger partial charge in [0.2, 0.25) is 0 Å². The summed E-state index contributed by atoms with van der Waals surface area (Å²) in [6.07, 6.45) is 0. The quantitative estimate of drug-likeness (QED) is 0.888. The van der Waals surface area contributed by atoms with Gasteiger partial charge in [0.25, 0.3) is 0 Å². The van der Waals surface area contributed by atoms with E-state index in [1.807, 2.05) is 32.0 Å². The van der Waals surface area contributed by atoms with E-state index in [0.717, 1.165) is 31.7 Å². The van der Waals surface area contributed by atoms with Gasteiger partial charge < -0.3 is 5.11 Å². The third-order valence-electron chi connectivity index (χ3n) is 2.39. The van der Waals surface area contributed by atoms with Crippen LogP contribution in [-0.4, -0.2) is 10.1 Å². The van der Waals surface area contributed by atoms with Crippen molar-refractivity contribution in [3.05, 3.63) is 38.7 Å². The Morgan fingerprint density at radius 3 is 2.75 bits per heavy atom. The molecule has 1 aromatic heterocycles. The molecule has 4 heteroatoms. The molecule has 1 heterocycles. The number of hydrogen-bond acceptors (Lipinski definition) is 3. The summed E-state index contributed by atoms with van der Waals surface area (Å²) in [6.45, 7) is 3.92. The standard InChI is InChI=1S/C12H12ClNOS/c1-7-3-4-9(5-10(7)13)12-11(6-15)16-8(2)14-12/h3-5,15H,6H2,1-2H3. The molecule has 0 spiro atoms. The lowest BCUT2D eigenvalue weighted by molar-refractivity contribution is 0.286. The highest BCUT2D eigenvalue weighted by molar-refractivity contribution is 7.12. The maximum Gasteiger partial charge on any atom is 0.0905 e. The van der Waals surface area contributed by atoms with Crippen molar-refractivity contribution in [2.45, 2.75) is 20.5 Å². The van der Waals surface area contributed by atoms with E-state index < -0.39 is 0 Å². The number of aliphatic hydroxyl groups is 1. The third-order valence-corrected chi connectivity index (χ3v) is 3.76. The third kappa shape index (κ3) is 2.12. The second-order valence-corrected chi connectivity index (χ2v) is 5.32. The smallest absolute Gasteiger partial charge is 0.0905 e. The van der Waals surface area contributed by atoms with Crippen molar-refractivity contribution in [3.63, 3.8) is 0 Å². The predicted octanol–water partition coefficient (Wildman–Crippen LogP) is 3.57. The Labute approximate surface area is 104 Å². The molecular formula is C12H12ClNOS. The molecule has 2 aromatic rings. The normalized spacial score (nSPS) is 10.8. The van der Waals surface area contributed by atoms with Gasteiger partial charge in [-0.15, -0.1) is 11.3 Å². The van der Waals surface area contributed by atoms with Gasteiger partial charge in [-0.2, -0.15) is 0 Å². The number of halogens is 1. The Balaban J connectivity index is 2.53. The van der Waals surface area contributed by atoms with E-state index in [1.165, 1.54) is 11.3 Å². The highest BCUT2D eigenvalue weighted by atomic mass is 35.5. The van der Waals surface area contributed by atoms with Crippen LogP contribution in [0, 0.1) is 13.8 Å². The van der Waals surface area contributed by atoms with Crippen molar-refractivity contribution in [1.29, 1.82) is 0 Å². The van der Waals surface area contributed by atoms with Crippen LogP contribution in [0.15, 0.2) is 18.2 Å². The van der Waals surface area contributed by atoms with Crippen molar-refractivity contribution in [1.82, 2.24) is 4.98 Å². The van der Waals surface area contributed by atoms with Crippen molar-refractivity contribution in [3.8, 4) is 11.3 Å². The highest BCUT2D eigenvalue weighted by Crippen LogP contribution is 2.30. The van der Waals surface area contributed by atoms with Crippen LogP contribution < -0.4 is 0 Å². The van der Waals surface area contributed by atoms with Gasteiger partial charge in [-0.25, -0.2) is 4.98 Å². The molecule has 0 saturated heterocycles. The zero-order chi connectivity index (χ0) is 11.7. The molecule has 84 valence electrons. The molecule has 1 aromatic carbocycles. The van der Waals surface area contributed by atoms with Crippen LogP contribution in [0.25, 0.3) is 11.3 Å². The second kappa shape index (κ2) is 4.53. The molecule has 2 nitrogen and oxygen atoms in total. The van der Waals surface area contributed by atoms with Crippen molar-refractivity contribution < 1.29 is 5.11 Å². The summed E-state index contributed by atoms with van der Waals surface area (Å²) >= 11 is 7.59. The summed E-state index contributed by atoms with van der Waals surface area (Å²) in [5, 5.41) is 10.9. The number of thiazole rings is 1. The van der Waals surface area contributed by atoms with E-state index in [0.29, 0.717) is 0 Å². The summed E-state index contributed by atoms with van der Waals surface area (Å²) in [5.74, 6) is 0. The molecule has 0 fully saturated rings. The van der Waals surface area contributed by atoms with Crippen LogP contribution in [0.4, 0.5) is 0 Å². The summed E-state index contributed by atoms with van der Waals surface area (Å²) < 4.78 is 0. The summed E-state index contributed by atoms with van der Waals surface area (Å²) in [4.78, 5) is 5.31. The lowest BCUT2D eigenvalue weighted by Crippen LogP contribution is -1.86. The lowest BCUT2D eigenvalue weighted by atomic mass is 10.1. The fraction of sp³-hybridized carbons (Fsp3) is 0.250. The van der Waals surface area contributed by atoms with Crippen molar-refractivity contribution in [2.24, 2.45) is 0 Å². The minimum atomic E-state index is 0.0202. The fourth-order valence-corrected chi connectivity index (χ4v) is 2.54. The zero-order valence-corrected chi connectivity index (χ0v) is 10.7. The van der Waals surface area contributed by atoms with Crippen LogP contribution in [0.3, 0.4) is 0 Å². The van der Waals surface area contributed by atoms with E-state index in [9.17, 15) is 5.11 Å². The van der Waals surface area contributed by atoms with E-state index in [-0.39, 0.29) is 6.61 Å². The first-order valence-corrected chi connectivity index (χ1v) is 6.15. The molecular weight excluding hydrogens is 242 g/mol. The number of rotatable bonds is 2. The molecule has 0 radical (unpaired) electrons. The molecule has 1 N–H and O–H groups in total. The van der Waals surface area contributed by atoms with Gasteiger partial charge >= 0.3 is 0 Å². The van der Waals surface area contributed by atoms with Gasteiger partial charge in [0.15, 0.2) is 0 Å². The van der Waals surface area contributed by atoms with Crippen molar-refractivity contribution >= 4 is 22.9 Å². The van der Waals surface area contributed by atoms with Gasteiger partial charge in [-0.05, 0) is 25.5 Å². The number of nitrogens with zero attached hydrogens (tertiary/aromatic N) is 1. The van der Waals surface area contributed by atoms with E-state index in [4.69, 9.17) is 11.6 Å². The SMILES string of the molecule is Cc1nc(-c2ccc(C)c(Cl)c2)c(CO)s1. The first kappa shape index (κ1) is 11.6. The predicted molar refractivity (Wildman–Crippen MR) is 68.0 cm³/mol. The van der Waals surface area contributed by atoms with Crippen LogP contribution in [0.2, 0.25) is 5.02 Å². The number of aliphatic hydroxyl groups excluding tert-OH is 1. The Bertz CT molecular complexity index is 522. The number of benzene rings is 1. The summed E-state index contributed by atoms with van der Waals surface area (Å²) in [7, 11) is 0. The fourth-order valence-electron chi connectivity index (χ4n) is 1.54. The van der Waals surface area contributed by atoms with Crippen LogP contribution in [-0.2, 0) is 6.61 Å². The van der Waals surface area contributed by atoms with Gasteiger partial charge in [-0.3, -0.25) is 0 Å². The molecule has 0 unspecified atom stereocenters. The first-order valence-electron chi connectivity index (χ1n) is 4.95. The second-order valence-electron chi connectivity index (χ2n) is 3.63. The highest BCUT2D eigenvalue weighted by Gasteiger charge is 2.11. The number of aryl methyl sites for hydroxylation is 2. The maximum atomic E-state index is 9.25. The molecule has 16 heavy (non-hydrogen) atoms. The zero-order valence-electron chi connectivity index (χ0n) is 9.12. The van der Waals surface area contributed by atoms with Crippen LogP contribution in [0.1, 0.15) is 15.4 Å². The maximum absolute atomic E-state index is 9.25. The van der Waals surface area contributed by atoms with Crippen LogP contribution in [0.5, 0.6) is 0 Å². The number of aromatic nitrogens is 1. The summed E-state index contributed by atoms with van der Waals surface area (Å²) in [5.41, 5.74) is 2.85. The number of hydrogen-bond donors (Lipinski definition) is 1. The van der Waals surface area contributed by atoms with Gasteiger partial charge in [0, 0.05) is 10.6 Å². The monoisotopic (exact) mass is 253 g/mol. The molecule has 0 aliphatic heterocycles. The largest absolute Gasteiger partial charge is 0.391 e. The Morgan fingerprint density at radius 1 is 1.38 bits per heavy atom. The molecule has 0 atom stereocenters. The van der Waals surface area contributed by atoms with E-state index in [1.54, 1.807) is 0 Å². The minimum Gasteiger partial charge on any atom is -0.391 e. The lowest BCUT2D eigenvalue weighted by Gasteiger charge is -2.03. The Hall–Kier alpha value is -0.900. The molecule has 0 bridgehead atoms.